The van der Waals surface area contributed by atoms with Crippen LogP contribution in [0.1, 0.15) is 44.0 Å². The van der Waals surface area contributed by atoms with Crippen molar-refractivity contribution in [1.29, 1.82) is 0 Å². The maximum atomic E-state index is 13.1. The number of rotatable bonds is 6. The molecular weight excluding hydrogens is 424 g/mol. The van der Waals surface area contributed by atoms with Gasteiger partial charge >= 0.3 is 6.03 Å². The number of nitrogens with one attached hydrogen (secondary N) is 3. The van der Waals surface area contributed by atoms with E-state index in [1.807, 2.05) is 54.6 Å². The van der Waals surface area contributed by atoms with Gasteiger partial charge < -0.3 is 20.9 Å². The van der Waals surface area contributed by atoms with E-state index in [0.717, 1.165) is 48.1 Å². The van der Waals surface area contributed by atoms with E-state index in [2.05, 4.69) is 41.6 Å². The molecule has 3 N–H and O–H groups in total. The maximum Gasteiger partial charge on any atom is 0.323 e. The average Bonchev–Trinajstić information content (AvgIpc) is 2.83. The van der Waals surface area contributed by atoms with E-state index in [1.165, 1.54) is 0 Å². The average molecular weight is 459 g/mol. The van der Waals surface area contributed by atoms with Crippen molar-refractivity contribution >= 4 is 39.8 Å². The second-order valence-electron chi connectivity index (χ2n) is 9.61. The Morgan fingerprint density at radius 1 is 0.971 bits per heavy atom. The van der Waals surface area contributed by atoms with Crippen LogP contribution in [-0.4, -0.2) is 31.6 Å². The van der Waals surface area contributed by atoms with Gasteiger partial charge in [-0.05, 0) is 54.3 Å². The highest BCUT2D eigenvalue weighted by Gasteiger charge is 2.22. The Balaban J connectivity index is 1.54. The van der Waals surface area contributed by atoms with Crippen molar-refractivity contribution in [2.75, 3.05) is 35.2 Å². The van der Waals surface area contributed by atoms with Crippen molar-refractivity contribution in [2.24, 2.45) is 11.8 Å². The van der Waals surface area contributed by atoms with E-state index < -0.39 is 0 Å². The molecule has 6 nitrogen and oxygen atoms in total. The lowest BCUT2D eigenvalue weighted by Crippen LogP contribution is -2.35. The lowest BCUT2D eigenvalue weighted by molar-refractivity contribution is 0.0949. The minimum Gasteiger partial charge on any atom is -0.371 e. The summed E-state index contributed by atoms with van der Waals surface area (Å²) in [6.07, 6.45) is 2.22. The Bertz CT molecular complexity index is 1160. The summed E-state index contributed by atoms with van der Waals surface area (Å²) < 4.78 is 0. The molecule has 1 aliphatic rings. The van der Waals surface area contributed by atoms with Gasteiger partial charge in [-0.15, -0.1) is 0 Å². The molecule has 3 aromatic rings. The number of carbonyl (C=O) groups is 2. The summed E-state index contributed by atoms with van der Waals surface area (Å²) in [5.74, 6) is 0.949. The third-order valence-corrected chi connectivity index (χ3v) is 6.33. The number of hydrogen-bond donors (Lipinski definition) is 3. The van der Waals surface area contributed by atoms with Crippen molar-refractivity contribution in [3.8, 4) is 0 Å². The van der Waals surface area contributed by atoms with Crippen LogP contribution in [0.4, 0.5) is 21.9 Å². The van der Waals surface area contributed by atoms with E-state index in [-0.39, 0.29) is 11.9 Å². The quantitative estimate of drug-likeness (QED) is 0.417. The van der Waals surface area contributed by atoms with Crippen LogP contribution in [0, 0.1) is 11.8 Å². The Hall–Kier alpha value is -3.54. The van der Waals surface area contributed by atoms with E-state index in [9.17, 15) is 9.59 Å². The summed E-state index contributed by atoms with van der Waals surface area (Å²) in [5.41, 5.74) is 2.84. The Morgan fingerprint density at radius 2 is 1.71 bits per heavy atom. The van der Waals surface area contributed by atoms with Crippen LogP contribution >= 0.6 is 0 Å². The minimum atomic E-state index is -0.343. The lowest BCUT2D eigenvalue weighted by Gasteiger charge is -2.33. The predicted octanol–water partition coefficient (Wildman–Crippen LogP) is 6.11. The zero-order valence-corrected chi connectivity index (χ0v) is 20.2. The summed E-state index contributed by atoms with van der Waals surface area (Å²) in [7, 11) is 0. The molecule has 0 radical (unpaired) electrons. The highest BCUT2D eigenvalue weighted by atomic mass is 16.2. The molecule has 1 aliphatic heterocycles. The number of urea groups is 1. The van der Waals surface area contributed by atoms with Crippen LogP contribution in [0.15, 0.2) is 60.7 Å². The predicted molar refractivity (Wildman–Crippen MR) is 141 cm³/mol. The Labute approximate surface area is 201 Å². The van der Waals surface area contributed by atoms with Crippen LogP contribution in [0.2, 0.25) is 0 Å². The first-order valence-corrected chi connectivity index (χ1v) is 12.1. The summed E-state index contributed by atoms with van der Waals surface area (Å²) in [6, 6.07) is 19.0. The molecule has 0 unspecified atom stereocenters. The Morgan fingerprint density at radius 3 is 2.47 bits per heavy atom. The van der Waals surface area contributed by atoms with Gasteiger partial charge in [-0.3, -0.25) is 4.79 Å². The van der Waals surface area contributed by atoms with Gasteiger partial charge in [0.25, 0.3) is 5.91 Å². The van der Waals surface area contributed by atoms with Crippen molar-refractivity contribution in [3.63, 3.8) is 0 Å². The third kappa shape index (κ3) is 5.68. The molecule has 0 atom stereocenters. The molecule has 1 heterocycles. The third-order valence-electron chi connectivity index (χ3n) is 6.33. The summed E-state index contributed by atoms with van der Waals surface area (Å²) >= 11 is 0. The molecule has 4 rings (SSSR count). The van der Waals surface area contributed by atoms with E-state index >= 15 is 0 Å². The van der Waals surface area contributed by atoms with Gasteiger partial charge in [-0.1, -0.05) is 57.2 Å². The highest BCUT2D eigenvalue weighted by Crippen LogP contribution is 2.29. The number of fused-ring (bicyclic) bond motifs is 1. The summed E-state index contributed by atoms with van der Waals surface area (Å²) in [4.78, 5) is 28.2. The van der Waals surface area contributed by atoms with Crippen molar-refractivity contribution in [1.82, 2.24) is 5.32 Å². The van der Waals surface area contributed by atoms with Crippen LogP contribution in [0.5, 0.6) is 0 Å². The highest BCUT2D eigenvalue weighted by molar-refractivity contribution is 6.07. The second kappa shape index (κ2) is 10.6. The number of piperidine rings is 1. The molecule has 0 bridgehead atoms. The van der Waals surface area contributed by atoms with Gasteiger partial charge in [-0.25, -0.2) is 4.79 Å². The minimum absolute atomic E-state index is 0.111. The Kier molecular flexibility index (Phi) is 7.36. The van der Waals surface area contributed by atoms with Crippen LogP contribution < -0.4 is 20.9 Å². The molecule has 3 amide bonds. The molecule has 1 fully saturated rings. The van der Waals surface area contributed by atoms with Crippen molar-refractivity contribution in [3.05, 3.63) is 66.2 Å². The lowest BCUT2D eigenvalue weighted by atomic mass is 9.97. The monoisotopic (exact) mass is 458 g/mol. The van der Waals surface area contributed by atoms with Gasteiger partial charge in [0.2, 0.25) is 0 Å². The largest absolute Gasteiger partial charge is 0.371 e. The van der Waals surface area contributed by atoms with Crippen LogP contribution in [-0.2, 0) is 0 Å². The van der Waals surface area contributed by atoms with Crippen LogP contribution in [0.25, 0.3) is 10.8 Å². The first-order chi connectivity index (χ1) is 16.4. The SMILES string of the molecule is CC(C)CNC(=O)c1cc(NC(=O)Nc2cccc3ccccc23)ccc1N1CCC(C)CC1. The first kappa shape index (κ1) is 23.6. The van der Waals surface area contributed by atoms with Gasteiger partial charge in [0.1, 0.15) is 0 Å². The number of hydrogen-bond acceptors (Lipinski definition) is 3. The smallest absolute Gasteiger partial charge is 0.323 e. The molecule has 0 aromatic heterocycles. The molecule has 3 aromatic carbocycles. The molecule has 6 heteroatoms. The van der Waals surface area contributed by atoms with Gasteiger partial charge in [0.15, 0.2) is 0 Å². The zero-order chi connectivity index (χ0) is 24.1. The molecule has 0 spiro atoms. The number of benzene rings is 3. The fraction of sp³-hybridized carbons (Fsp3) is 0.357. The van der Waals surface area contributed by atoms with Crippen LogP contribution in [0.3, 0.4) is 0 Å². The maximum absolute atomic E-state index is 13.1. The van der Waals surface area contributed by atoms with Crippen molar-refractivity contribution in [2.45, 2.75) is 33.6 Å². The molecular formula is C28H34N4O2. The van der Waals surface area contributed by atoms with E-state index in [0.29, 0.717) is 29.6 Å². The topological polar surface area (TPSA) is 73.5 Å². The molecule has 0 saturated carbocycles. The summed E-state index contributed by atoms with van der Waals surface area (Å²) in [6.45, 7) is 8.88. The van der Waals surface area contributed by atoms with Crippen molar-refractivity contribution < 1.29 is 9.59 Å². The number of anilines is 3. The molecule has 1 saturated heterocycles. The fourth-order valence-electron chi connectivity index (χ4n) is 4.33. The van der Waals surface area contributed by atoms with Gasteiger partial charge in [-0.2, -0.15) is 0 Å². The zero-order valence-electron chi connectivity index (χ0n) is 20.2. The van der Waals surface area contributed by atoms with Gasteiger partial charge in [0, 0.05) is 36.4 Å². The number of amides is 3. The first-order valence-electron chi connectivity index (χ1n) is 12.1. The van der Waals surface area contributed by atoms with E-state index in [1.54, 1.807) is 6.07 Å². The molecule has 34 heavy (non-hydrogen) atoms. The van der Waals surface area contributed by atoms with Gasteiger partial charge in [0.05, 0.1) is 11.3 Å². The standard InChI is InChI=1S/C28H34N4O2/c1-19(2)18-29-27(33)24-17-22(11-12-26(24)32-15-13-20(3)14-16-32)30-28(34)31-25-10-6-8-21-7-4-5-9-23(21)25/h4-12,17,19-20H,13-16,18H2,1-3H3,(H,29,33)(H2,30,31,34). The number of nitrogens with zero attached hydrogens (tertiary/aromatic N) is 1. The summed E-state index contributed by atoms with van der Waals surface area (Å²) in [5, 5.41) is 10.9. The number of carbonyl (C=O) groups excluding carboxylic acids is 2. The normalized spacial score (nSPS) is 14.3. The second-order valence-corrected chi connectivity index (χ2v) is 9.61. The fourth-order valence-corrected chi connectivity index (χ4v) is 4.33. The molecule has 0 aliphatic carbocycles. The van der Waals surface area contributed by atoms with E-state index in [4.69, 9.17) is 0 Å². The molecule has 178 valence electrons.